The van der Waals surface area contributed by atoms with E-state index in [2.05, 4.69) is 20.9 Å². The van der Waals surface area contributed by atoms with Gasteiger partial charge in [0, 0.05) is 27.8 Å². The van der Waals surface area contributed by atoms with Gasteiger partial charge in [-0.2, -0.15) is 0 Å². The molecule has 0 aliphatic carbocycles. The molecule has 3 rings (SSSR count). The van der Waals surface area contributed by atoms with Gasteiger partial charge in [-0.3, -0.25) is 9.20 Å². The third-order valence-corrected chi connectivity index (χ3v) is 3.95. The maximum Gasteiger partial charge on any atom is 0.193 e. The highest BCUT2D eigenvalue weighted by Gasteiger charge is 2.10. The number of benzene rings is 1. The molecule has 2 heterocycles. The van der Waals surface area contributed by atoms with Gasteiger partial charge in [0.05, 0.1) is 12.1 Å². The third kappa shape index (κ3) is 2.23. The lowest BCUT2D eigenvalue weighted by molar-refractivity contribution is 0.0992. The Labute approximate surface area is 116 Å². The molecule has 0 saturated heterocycles. The summed E-state index contributed by atoms with van der Waals surface area (Å²) < 4.78 is 2.91. The van der Waals surface area contributed by atoms with E-state index in [1.807, 2.05) is 46.4 Å². The second-order valence-electron chi connectivity index (χ2n) is 3.93. The Bertz CT molecular complexity index is 671. The van der Waals surface area contributed by atoms with Crippen LogP contribution in [0.4, 0.5) is 0 Å². The number of carbonyl (C=O) groups is 1. The standard InChI is InChI=1S/C13H9BrN2OS/c14-10-3-1-9(2-4-10)12(17)7-11-8-16-5-6-18-13(16)15-11/h1-6,8H,7H2. The Morgan fingerprint density at radius 2 is 2.11 bits per heavy atom. The van der Waals surface area contributed by atoms with E-state index in [0.717, 1.165) is 20.7 Å². The number of thiazole rings is 1. The number of fused-ring (bicyclic) bond motifs is 1. The number of Topliss-reactive ketones (excluding diaryl/α,β-unsaturated/α-hetero) is 1. The van der Waals surface area contributed by atoms with Crippen molar-refractivity contribution in [2.24, 2.45) is 0 Å². The van der Waals surface area contributed by atoms with Crippen molar-refractivity contribution in [2.45, 2.75) is 6.42 Å². The van der Waals surface area contributed by atoms with Crippen molar-refractivity contribution in [3.8, 4) is 0 Å². The van der Waals surface area contributed by atoms with Crippen LogP contribution in [0.15, 0.2) is 46.5 Å². The molecule has 3 aromatic rings. The van der Waals surface area contributed by atoms with E-state index in [1.165, 1.54) is 0 Å². The first-order chi connectivity index (χ1) is 8.72. The summed E-state index contributed by atoms with van der Waals surface area (Å²) in [6.07, 6.45) is 4.19. The summed E-state index contributed by atoms with van der Waals surface area (Å²) in [5, 5.41) is 1.97. The van der Waals surface area contributed by atoms with Crippen molar-refractivity contribution in [3.05, 3.63) is 57.8 Å². The number of ketones is 1. The van der Waals surface area contributed by atoms with E-state index in [4.69, 9.17) is 0 Å². The molecule has 0 unspecified atom stereocenters. The molecule has 90 valence electrons. The van der Waals surface area contributed by atoms with Crippen molar-refractivity contribution in [1.29, 1.82) is 0 Å². The lowest BCUT2D eigenvalue weighted by Crippen LogP contribution is -2.03. The minimum Gasteiger partial charge on any atom is -0.297 e. The summed E-state index contributed by atoms with van der Waals surface area (Å²) in [6, 6.07) is 7.40. The molecule has 0 aliphatic heterocycles. The molecular formula is C13H9BrN2OS. The SMILES string of the molecule is O=C(Cc1cn2ccsc2n1)c1ccc(Br)cc1. The van der Waals surface area contributed by atoms with Crippen LogP contribution >= 0.6 is 27.3 Å². The zero-order valence-electron chi connectivity index (χ0n) is 9.34. The lowest BCUT2D eigenvalue weighted by atomic mass is 10.1. The monoisotopic (exact) mass is 320 g/mol. The topological polar surface area (TPSA) is 34.4 Å². The quantitative estimate of drug-likeness (QED) is 0.691. The molecule has 1 aromatic carbocycles. The molecule has 2 aromatic heterocycles. The molecule has 0 N–H and O–H groups in total. The number of imidazole rings is 1. The van der Waals surface area contributed by atoms with Gasteiger partial charge < -0.3 is 0 Å². The van der Waals surface area contributed by atoms with Crippen LogP contribution in [0.5, 0.6) is 0 Å². The van der Waals surface area contributed by atoms with E-state index in [-0.39, 0.29) is 5.78 Å². The van der Waals surface area contributed by atoms with E-state index in [9.17, 15) is 4.79 Å². The van der Waals surface area contributed by atoms with Gasteiger partial charge in [0.2, 0.25) is 0 Å². The zero-order valence-corrected chi connectivity index (χ0v) is 11.7. The van der Waals surface area contributed by atoms with Gasteiger partial charge in [-0.15, -0.1) is 11.3 Å². The molecular weight excluding hydrogens is 312 g/mol. The molecule has 18 heavy (non-hydrogen) atoms. The first kappa shape index (κ1) is 11.6. The second kappa shape index (κ2) is 4.66. The number of hydrogen-bond donors (Lipinski definition) is 0. The molecule has 0 atom stereocenters. The summed E-state index contributed by atoms with van der Waals surface area (Å²) in [5.41, 5.74) is 1.53. The molecule has 0 spiro atoms. The molecule has 0 radical (unpaired) electrons. The van der Waals surface area contributed by atoms with Crippen LogP contribution in [0.3, 0.4) is 0 Å². The number of aromatic nitrogens is 2. The summed E-state index contributed by atoms with van der Waals surface area (Å²) in [4.78, 5) is 17.4. The van der Waals surface area contributed by atoms with Crippen molar-refractivity contribution in [3.63, 3.8) is 0 Å². The van der Waals surface area contributed by atoms with Crippen LogP contribution in [0.1, 0.15) is 16.1 Å². The molecule has 0 amide bonds. The number of halogens is 1. The largest absolute Gasteiger partial charge is 0.297 e. The fourth-order valence-corrected chi connectivity index (χ4v) is 2.75. The van der Waals surface area contributed by atoms with Crippen molar-refractivity contribution < 1.29 is 4.79 Å². The van der Waals surface area contributed by atoms with E-state index < -0.39 is 0 Å². The molecule has 0 aliphatic rings. The van der Waals surface area contributed by atoms with Crippen LogP contribution in [-0.4, -0.2) is 15.2 Å². The van der Waals surface area contributed by atoms with Gasteiger partial charge in [0.25, 0.3) is 0 Å². The van der Waals surface area contributed by atoms with Gasteiger partial charge in [0.15, 0.2) is 10.7 Å². The minimum absolute atomic E-state index is 0.0910. The average molecular weight is 321 g/mol. The molecule has 3 nitrogen and oxygen atoms in total. The summed E-state index contributed by atoms with van der Waals surface area (Å²) >= 11 is 4.92. The van der Waals surface area contributed by atoms with Gasteiger partial charge in [-0.25, -0.2) is 4.98 Å². The molecule has 0 fully saturated rings. The summed E-state index contributed by atoms with van der Waals surface area (Å²) in [6.45, 7) is 0. The number of hydrogen-bond acceptors (Lipinski definition) is 3. The minimum atomic E-state index is 0.0910. The zero-order chi connectivity index (χ0) is 12.5. The van der Waals surface area contributed by atoms with E-state index >= 15 is 0 Å². The summed E-state index contributed by atoms with van der Waals surface area (Å²) in [7, 11) is 0. The van der Waals surface area contributed by atoms with E-state index in [0.29, 0.717) is 6.42 Å². The van der Waals surface area contributed by atoms with Crippen LogP contribution in [0, 0.1) is 0 Å². The molecule has 0 saturated carbocycles. The second-order valence-corrected chi connectivity index (χ2v) is 5.72. The molecule has 0 bridgehead atoms. The predicted molar refractivity (Wildman–Crippen MR) is 75.2 cm³/mol. The van der Waals surface area contributed by atoms with Gasteiger partial charge >= 0.3 is 0 Å². The Kier molecular flexibility index (Phi) is 3.01. The van der Waals surface area contributed by atoms with Crippen LogP contribution < -0.4 is 0 Å². The number of rotatable bonds is 3. The van der Waals surface area contributed by atoms with Crippen molar-refractivity contribution >= 4 is 38.0 Å². The maximum absolute atomic E-state index is 12.1. The van der Waals surface area contributed by atoms with Gasteiger partial charge in [-0.1, -0.05) is 28.1 Å². The highest BCUT2D eigenvalue weighted by Crippen LogP contribution is 2.15. The first-order valence-corrected chi connectivity index (χ1v) is 7.09. The highest BCUT2D eigenvalue weighted by atomic mass is 79.9. The predicted octanol–water partition coefficient (Wildman–Crippen LogP) is 3.58. The summed E-state index contributed by atoms with van der Waals surface area (Å²) in [5.74, 6) is 0.0910. The van der Waals surface area contributed by atoms with E-state index in [1.54, 1.807) is 11.3 Å². The maximum atomic E-state index is 12.1. The Hall–Kier alpha value is -1.46. The smallest absolute Gasteiger partial charge is 0.193 e. The van der Waals surface area contributed by atoms with Crippen LogP contribution in [0.25, 0.3) is 4.96 Å². The van der Waals surface area contributed by atoms with Gasteiger partial charge in [0.1, 0.15) is 0 Å². The third-order valence-electron chi connectivity index (χ3n) is 2.65. The Morgan fingerprint density at radius 3 is 2.83 bits per heavy atom. The van der Waals surface area contributed by atoms with Crippen molar-refractivity contribution in [1.82, 2.24) is 9.38 Å². The number of carbonyl (C=O) groups excluding carboxylic acids is 1. The van der Waals surface area contributed by atoms with Crippen LogP contribution in [-0.2, 0) is 6.42 Å². The Morgan fingerprint density at radius 1 is 1.33 bits per heavy atom. The van der Waals surface area contributed by atoms with Gasteiger partial charge in [-0.05, 0) is 12.1 Å². The highest BCUT2D eigenvalue weighted by molar-refractivity contribution is 9.10. The fourth-order valence-electron chi connectivity index (χ4n) is 1.76. The molecule has 5 heteroatoms. The number of nitrogens with zero attached hydrogens (tertiary/aromatic N) is 2. The van der Waals surface area contributed by atoms with Crippen LogP contribution in [0.2, 0.25) is 0 Å². The van der Waals surface area contributed by atoms with Crippen molar-refractivity contribution in [2.75, 3.05) is 0 Å². The first-order valence-electron chi connectivity index (χ1n) is 5.42. The normalized spacial score (nSPS) is 10.9. The Balaban J connectivity index is 1.82. The fraction of sp³-hybridized carbons (Fsp3) is 0.0769. The average Bonchev–Trinajstić information content (AvgIpc) is 2.90. The lowest BCUT2D eigenvalue weighted by Gasteiger charge is -1.98.